The highest BCUT2D eigenvalue weighted by Crippen LogP contribution is 2.25. The molecule has 1 saturated heterocycles. The van der Waals surface area contributed by atoms with Gasteiger partial charge >= 0.3 is 0 Å². The Morgan fingerprint density at radius 1 is 1.18 bits per heavy atom. The maximum absolute atomic E-state index is 9.21. The molecule has 17 heavy (non-hydrogen) atoms. The van der Waals surface area contributed by atoms with Crippen molar-refractivity contribution in [2.45, 2.75) is 13.3 Å². The summed E-state index contributed by atoms with van der Waals surface area (Å²) in [6, 6.07) is 8.27. The second-order valence-corrected chi connectivity index (χ2v) is 4.73. The first kappa shape index (κ1) is 11.9. The van der Waals surface area contributed by atoms with Crippen molar-refractivity contribution in [2.75, 3.05) is 38.1 Å². The largest absolute Gasteiger partial charge is 0.369 e. The summed E-state index contributed by atoms with van der Waals surface area (Å²) in [6.07, 6.45) is 1.16. The second-order valence-electron chi connectivity index (χ2n) is 4.73. The molecule has 2 rings (SSSR count). The summed E-state index contributed by atoms with van der Waals surface area (Å²) in [7, 11) is 2.16. The smallest absolute Gasteiger partial charge is 0.101 e. The molecule has 90 valence electrons. The lowest BCUT2D eigenvalue weighted by Crippen LogP contribution is -2.29. The van der Waals surface area contributed by atoms with Gasteiger partial charge in [-0.3, -0.25) is 0 Å². The van der Waals surface area contributed by atoms with Crippen LogP contribution in [0.1, 0.15) is 17.5 Å². The molecule has 0 aliphatic carbocycles. The van der Waals surface area contributed by atoms with Gasteiger partial charge in [-0.05, 0) is 38.6 Å². The predicted octanol–water partition coefficient (Wildman–Crippen LogP) is 2.01. The van der Waals surface area contributed by atoms with Gasteiger partial charge in [0, 0.05) is 19.6 Å². The zero-order valence-electron chi connectivity index (χ0n) is 10.6. The molecule has 1 aliphatic rings. The summed E-state index contributed by atoms with van der Waals surface area (Å²) in [5.74, 6) is 0. The van der Waals surface area contributed by atoms with Gasteiger partial charge in [-0.1, -0.05) is 12.1 Å². The van der Waals surface area contributed by atoms with Crippen molar-refractivity contribution in [2.24, 2.45) is 0 Å². The van der Waals surface area contributed by atoms with Crippen molar-refractivity contribution in [3.05, 3.63) is 29.3 Å². The third-order valence-electron chi connectivity index (χ3n) is 3.39. The van der Waals surface area contributed by atoms with E-state index in [0.717, 1.165) is 43.9 Å². The molecular formula is C14H19N3. The molecule has 3 nitrogen and oxygen atoms in total. The van der Waals surface area contributed by atoms with Gasteiger partial charge < -0.3 is 9.80 Å². The lowest BCUT2D eigenvalue weighted by atomic mass is 10.1. The van der Waals surface area contributed by atoms with Gasteiger partial charge in [0.15, 0.2) is 0 Å². The van der Waals surface area contributed by atoms with Gasteiger partial charge in [0.1, 0.15) is 6.07 Å². The highest BCUT2D eigenvalue weighted by molar-refractivity contribution is 5.64. The zero-order chi connectivity index (χ0) is 12.3. The summed E-state index contributed by atoms with van der Waals surface area (Å²) in [4.78, 5) is 4.71. The number of anilines is 1. The quantitative estimate of drug-likeness (QED) is 0.738. The molecule has 0 radical (unpaired) electrons. The summed E-state index contributed by atoms with van der Waals surface area (Å²) in [6.45, 7) is 6.36. The molecule has 0 bridgehead atoms. The Hall–Kier alpha value is -1.53. The molecule has 0 N–H and O–H groups in total. The summed E-state index contributed by atoms with van der Waals surface area (Å²) < 4.78 is 0. The van der Waals surface area contributed by atoms with E-state index in [0.29, 0.717) is 0 Å². The Kier molecular flexibility index (Phi) is 3.65. The maximum atomic E-state index is 9.21. The number of benzene rings is 1. The van der Waals surface area contributed by atoms with Crippen molar-refractivity contribution >= 4 is 5.69 Å². The molecule has 3 heteroatoms. The average molecular weight is 229 g/mol. The van der Waals surface area contributed by atoms with Crippen LogP contribution < -0.4 is 4.90 Å². The number of likely N-dealkylation sites (N-methyl/N-ethyl adjacent to an activating group) is 1. The van der Waals surface area contributed by atoms with Crippen molar-refractivity contribution in [3.63, 3.8) is 0 Å². The van der Waals surface area contributed by atoms with Crippen LogP contribution in [0.15, 0.2) is 18.2 Å². The van der Waals surface area contributed by atoms with Crippen LogP contribution in [0.2, 0.25) is 0 Å². The van der Waals surface area contributed by atoms with Crippen molar-refractivity contribution in [1.82, 2.24) is 4.90 Å². The summed E-state index contributed by atoms with van der Waals surface area (Å²) >= 11 is 0. The van der Waals surface area contributed by atoms with Crippen LogP contribution in [0.3, 0.4) is 0 Å². The molecule has 0 aromatic heterocycles. The third kappa shape index (κ3) is 2.59. The highest BCUT2D eigenvalue weighted by atomic mass is 15.2. The average Bonchev–Trinajstić information content (AvgIpc) is 2.54. The van der Waals surface area contributed by atoms with Crippen molar-refractivity contribution in [3.8, 4) is 6.07 Å². The van der Waals surface area contributed by atoms with E-state index in [2.05, 4.69) is 35.9 Å². The van der Waals surface area contributed by atoms with Gasteiger partial charge in [0.2, 0.25) is 0 Å². The number of rotatable bonds is 1. The molecule has 1 aromatic rings. The number of nitriles is 1. The first-order valence-electron chi connectivity index (χ1n) is 6.15. The van der Waals surface area contributed by atoms with Crippen LogP contribution in [0.4, 0.5) is 5.69 Å². The molecule has 0 spiro atoms. The molecule has 1 aliphatic heterocycles. The minimum Gasteiger partial charge on any atom is -0.369 e. The Balaban J connectivity index is 2.30. The Labute approximate surface area is 103 Å². The minimum absolute atomic E-state index is 0.801. The van der Waals surface area contributed by atoms with Crippen LogP contribution in [0, 0.1) is 18.3 Å². The zero-order valence-corrected chi connectivity index (χ0v) is 10.6. The number of aryl methyl sites for hydroxylation is 1. The summed E-state index contributed by atoms with van der Waals surface area (Å²) in [5, 5.41) is 9.21. The number of nitrogens with zero attached hydrogens (tertiary/aromatic N) is 3. The lowest BCUT2D eigenvalue weighted by Gasteiger charge is -2.25. The van der Waals surface area contributed by atoms with Crippen LogP contribution in [-0.4, -0.2) is 38.1 Å². The van der Waals surface area contributed by atoms with E-state index >= 15 is 0 Å². The molecule has 0 amide bonds. The van der Waals surface area contributed by atoms with Crippen LogP contribution in [-0.2, 0) is 0 Å². The summed E-state index contributed by atoms with van der Waals surface area (Å²) in [5.41, 5.74) is 3.13. The Morgan fingerprint density at radius 2 is 2.00 bits per heavy atom. The van der Waals surface area contributed by atoms with E-state index in [-0.39, 0.29) is 0 Å². The van der Waals surface area contributed by atoms with E-state index in [1.807, 2.05) is 12.1 Å². The van der Waals surface area contributed by atoms with Crippen LogP contribution in [0.25, 0.3) is 0 Å². The van der Waals surface area contributed by atoms with E-state index in [9.17, 15) is 5.26 Å². The van der Waals surface area contributed by atoms with E-state index in [4.69, 9.17) is 0 Å². The molecule has 0 unspecified atom stereocenters. The molecular weight excluding hydrogens is 210 g/mol. The van der Waals surface area contributed by atoms with Gasteiger partial charge in [-0.25, -0.2) is 0 Å². The Morgan fingerprint density at radius 3 is 2.76 bits per heavy atom. The number of hydrogen-bond acceptors (Lipinski definition) is 3. The SMILES string of the molecule is Cc1cccc(C#N)c1N1CCCN(C)CC1. The minimum atomic E-state index is 0.801. The normalized spacial score (nSPS) is 17.6. The molecule has 0 saturated carbocycles. The van der Waals surface area contributed by atoms with Gasteiger partial charge in [-0.15, -0.1) is 0 Å². The fourth-order valence-electron chi connectivity index (χ4n) is 2.44. The topological polar surface area (TPSA) is 30.3 Å². The van der Waals surface area contributed by atoms with Gasteiger partial charge in [0.05, 0.1) is 11.3 Å². The highest BCUT2D eigenvalue weighted by Gasteiger charge is 2.16. The number of hydrogen-bond donors (Lipinski definition) is 0. The van der Waals surface area contributed by atoms with Crippen LogP contribution in [0.5, 0.6) is 0 Å². The van der Waals surface area contributed by atoms with E-state index in [1.54, 1.807) is 0 Å². The first-order valence-corrected chi connectivity index (χ1v) is 6.15. The van der Waals surface area contributed by atoms with Crippen molar-refractivity contribution in [1.29, 1.82) is 5.26 Å². The fraction of sp³-hybridized carbons (Fsp3) is 0.500. The van der Waals surface area contributed by atoms with Gasteiger partial charge in [0.25, 0.3) is 0 Å². The van der Waals surface area contributed by atoms with E-state index < -0.39 is 0 Å². The molecule has 1 heterocycles. The standard InChI is InChI=1S/C14H19N3/c1-12-5-3-6-13(11-15)14(12)17-8-4-7-16(2)9-10-17/h3,5-6H,4,7-10H2,1-2H3. The fourth-order valence-corrected chi connectivity index (χ4v) is 2.44. The predicted molar refractivity (Wildman–Crippen MR) is 70.2 cm³/mol. The van der Waals surface area contributed by atoms with Crippen molar-refractivity contribution < 1.29 is 0 Å². The monoisotopic (exact) mass is 229 g/mol. The number of para-hydroxylation sites is 1. The van der Waals surface area contributed by atoms with E-state index in [1.165, 1.54) is 5.56 Å². The molecule has 1 aromatic carbocycles. The van der Waals surface area contributed by atoms with Crippen LogP contribution >= 0.6 is 0 Å². The maximum Gasteiger partial charge on any atom is 0.101 e. The second kappa shape index (κ2) is 5.20. The molecule has 1 fully saturated rings. The first-order chi connectivity index (χ1) is 8.22. The molecule has 0 atom stereocenters. The lowest BCUT2D eigenvalue weighted by molar-refractivity contribution is 0.360. The third-order valence-corrected chi connectivity index (χ3v) is 3.39. The Bertz CT molecular complexity index is 434. The van der Waals surface area contributed by atoms with Gasteiger partial charge in [-0.2, -0.15) is 5.26 Å².